The van der Waals surface area contributed by atoms with E-state index in [4.69, 9.17) is 16.1 Å². The van der Waals surface area contributed by atoms with E-state index in [0.29, 0.717) is 23.6 Å². The zero-order chi connectivity index (χ0) is 18.2. The lowest BCUT2D eigenvalue weighted by molar-refractivity contribution is -0.120. The van der Waals surface area contributed by atoms with Crippen molar-refractivity contribution >= 4 is 35.0 Å². The monoisotopic (exact) mass is 361 g/mol. The number of nitrogens with zero attached hydrogens (tertiary/aromatic N) is 2. The van der Waals surface area contributed by atoms with Gasteiger partial charge in [-0.3, -0.25) is 19.8 Å². The largest absolute Gasteiger partial charge is 0.338 e. The molecule has 1 N–H and O–H groups in total. The first-order valence-corrected chi connectivity index (χ1v) is 8.49. The molecule has 0 spiro atoms. The molecular formula is C18H20ClN3O3. The van der Waals surface area contributed by atoms with Crippen molar-refractivity contribution in [2.24, 2.45) is 0 Å². The molecule has 1 aromatic heterocycles. The van der Waals surface area contributed by atoms with Gasteiger partial charge in [0.05, 0.1) is 5.69 Å². The molecular weight excluding hydrogens is 342 g/mol. The van der Waals surface area contributed by atoms with Crippen LogP contribution in [0.5, 0.6) is 0 Å². The number of hydrogen-bond acceptors (Lipinski definition) is 4. The summed E-state index contributed by atoms with van der Waals surface area (Å²) in [6.45, 7) is 6.02. The molecule has 1 fully saturated rings. The summed E-state index contributed by atoms with van der Waals surface area (Å²) in [6.07, 6.45) is 0.756. The Morgan fingerprint density at radius 1 is 1.36 bits per heavy atom. The molecule has 1 aromatic carbocycles. The van der Waals surface area contributed by atoms with Crippen molar-refractivity contribution in [2.75, 3.05) is 10.2 Å². The summed E-state index contributed by atoms with van der Waals surface area (Å²) in [7, 11) is 0. The predicted molar refractivity (Wildman–Crippen MR) is 95.8 cm³/mol. The summed E-state index contributed by atoms with van der Waals surface area (Å²) >= 11 is 6.01. The summed E-state index contributed by atoms with van der Waals surface area (Å²) < 4.78 is 5.20. The highest BCUT2D eigenvalue weighted by Crippen LogP contribution is 2.30. The lowest BCUT2D eigenvalue weighted by Crippen LogP contribution is -2.41. The normalized spacial score (nSPS) is 17.8. The van der Waals surface area contributed by atoms with Gasteiger partial charge in [0, 0.05) is 28.6 Å². The van der Waals surface area contributed by atoms with E-state index in [1.165, 1.54) is 4.90 Å². The van der Waals surface area contributed by atoms with Gasteiger partial charge in [-0.25, -0.2) is 0 Å². The molecule has 1 atom stereocenters. The highest BCUT2D eigenvalue weighted by atomic mass is 35.5. The number of halogens is 1. The minimum absolute atomic E-state index is 0.102. The van der Waals surface area contributed by atoms with Gasteiger partial charge in [-0.1, -0.05) is 43.6 Å². The summed E-state index contributed by atoms with van der Waals surface area (Å²) in [5, 5.41) is 7.21. The van der Waals surface area contributed by atoms with E-state index in [-0.39, 0.29) is 23.1 Å². The average Bonchev–Trinajstić information content (AvgIpc) is 3.13. The molecule has 132 valence electrons. The molecule has 2 aromatic rings. The number of carbonyl (C=O) groups excluding carboxylic acids is 2. The van der Waals surface area contributed by atoms with Crippen LogP contribution in [0.4, 0.5) is 11.6 Å². The van der Waals surface area contributed by atoms with Crippen LogP contribution in [0, 0.1) is 0 Å². The van der Waals surface area contributed by atoms with Gasteiger partial charge in [-0.15, -0.1) is 0 Å². The molecule has 0 aliphatic carbocycles. The SMILES string of the molecule is CC(C)(C)c1cc(NC(=O)C2CCC(=O)N2c2cccc(Cl)c2)on1. The quantitative estimate of drug-likeness (QED) is 0.903. The van der Waals surface area contributed by atoms with Crippen LogP contribution in [0.2, 0.25) is 5.02 Å². The van der Waals surface area contributed by atoms with E-state index in [2.05, 4.69) is 10.5 Å². The highest BCUT2D eigenvalue weighted by molar-refractivity contribution is 6.31. The van der Waals surface area contributed by atoms with Gasteiger partial charge in [-0.05, 0) is 24.6 Å². The fourth-order valence-electron chi connectivity index (χ4n) is 2.77. The number of benzene rings is 1. The average molecular weight is 362 g/mol. The number of rotatable bonds is 3. The second-order valence-corrected chi connectivity index (χ2v) is 7.55. The minimum Gasteiger partial charge on any atom is -0.338 e. The Labute approximate surface area is 151 Å². The molecule has 1 saturated heterocycles. The molecule has 1 aliphatic heterocycles. The van der Waals surface area contributed by atoms with Gasteiger partial charge in [0.25, 0.3) is 0 Å². The van der Waals surface area contributed by atoms with Crippen molar-refractivity contribution in [3.8, 4) is 0 Å². The van der Waals surface area contributed by atoms with Gasteiger partial charge in [0.15, 0.2) is 0 Å². The van der Waals surface area contributed by atoms with Crippen LogP contribution < -0.4 is 10.2 Å². The van der Waals surface area contributed by atoms with Gasteiger partial charge in [0.2, 0.25) is 17.7 Å². The molecule has 1 unspecified atom stereocenters. The van der Waals surface area contributed by atoms with Crippen LogP contribution in [-0.2, 0) is 15.0 Å². The second kappa shape index (κ2) is 6.52. The van der Waals surface area contributed by atoms with Crippen LogP contribution in [-0.4, -0.2) is 23.0 Å². The Morgan fingerprint density at radius 2 is 2.12 bits per heavy atom. The lowest BCUT2D eigenvalue weighted by atomic mass is 9.92. The standard InChI is InChI=1S/C18H20ClN3O3/c1-18(2,3)14-10-15(25-21-14)20-17(24)13-7-8-16(23)22(13)12-6-4-5-11(19)9-12/h4-6,9-10,13H,7-8H2,1-3H3,(H,20,24). The minimum atomic E-state index is -0.603. The van der Waals surface area contributed by atoms with Crippen molar-refractivity contribution in [3.63, 3.8) is 0 Å². The maximum atomic E-state index is 12.7. The Hall–Kier alpha value is -2.34. The van der Waals surface area contributed by atoms with Crippen LogP contribution in [0.25, 0.3) is 0 Å². The van der Waals surface area contributed by atoms with Gasteiger partial charge >= 0.3 is 0 Å². The van der Waals surface area contributed by atoms with Gasteiger partial charge < -0.3 is 4.52 Å². The summed E-state index contributed by atoms with van der Waals surface area (Å²) in [4.78, 5) is 26.4. The molecule has 2 heterocycles. The van der Waals surface area contributed by atoms with E-state index in [9.17, 15) is 9.59 Å². The zero-order valence-corrected chi connectivity index (χ0v) is 15.1. The third-order valence-corrected chi connectivity index (χ3v) is 4.36. The smallest absolute Gasteiger partial charge is 0.249 e. The summed E-state index contributed by atoms with van der Waals surface area (Å²) in [5.41, 5.74) is 1.18. The number of anilines is 2. The Bertz CT molecular complexity index is 810. The van der Waals surface area contributed by atoms with Gasteiger partial charge in [0.1, 0.15) is 6.04 Å². The molecule has 25 heavy (non-hydrogen) atoms. The molecule has 0 bridgehead atoms. The predicted octanol–water partition coefficient (Wildman–Crippen LogP) is 3.76. The van der Waals surface area contributed by atoms with Crippen molar-refractivity contribution in [1.82, 2.24) is 5.16 Å². The van der Waals surface area contributed by atoms with E-state index in [1.807, 2.05) is 20.8 Å². The topological polar surface area (TPSA) is 75.4 Å². The van der Waals surface area contributed by atoms with E-state index in [1.54, 1.807) is 30.3 Å². The lowest BCUT2D eigenvalue weighted by Gasteiger charge is -2.23. The number of amides is 2. The summed E-state index contributed by atoms with van der Waals surface area (Å²) in [6, 6.07) is 8.03. The van der Waals surface area contributed by atoms with E-state index < -0.39 is 6.04 Å². The van der Waals surface area contributed by atoms with Crippen molar-refractivity contribution < 1.29 is 14.1 Å². The molecule has 1 aliphatic rings. The fraction of sp³-hybridized carbons (Fsp3) is 0.389. The van der Waals surface area contributed by atoms with Crippen LogP contribution in [0.15, 0.2) is 34.9 Å². The first-order valence-electron chi connectivity index (χ1n) is 8.11. The second-order valence-electron chi connectivity index (χ2n) is 7.11. The zero-order valence-electron chi connectivity index (χ0n) is 14.4. The Morgan fingerprint density at radius 3 is 2.76 bits per heavy atom. The number of nitrogens with one attached hydrogen (secondary N) is 1. The van der Waals surface area contributed by atoms with Crippen molar-refractivity contribution in [3.05, 3.63) is 41.0 Å². The van der Waals surface area contributed by atoms with E-state index >= 15 is 0 Å². The number of aromatic nitrogens is 1. The third kappa shape index (κ3) is 3.69. The maximum absolute atomic E-state index is 12.7. The molecule has 7 heteroatoms. The molecule has 0 radical (unpaired) electrons. The van der Waals surface area contributed by atoms with Gasteiger partial charge in [-0.2, -0.15) is 0 Å². The van der Waals surface area contributed by atoms with Crippen LogP contribution in [0.1, 0.15) is 39.3 Å². The Balaban J connectivity index is 1.79. The van der Waals surface area contributed by atoms with Crippen LogP contribution in [0.3, 0.4) is 0 Å². The molecule has 3 rings (SSSR count). The first kappa shape index (κ1) is 17.5. The van der Waals surface area contributed by atoms with E-state index in [0.717, 1.165) is 5.69 Å². The molecule has 0 saturated carbocycles. The van der Waals surface area contributed by atoms with Crippen molar-refractivity contribution in [1.29, 1.82) is 0 Å². The van der Waals surface area contributed by atoms with Crippen LogP contribution >= 0.6 is 11.6 Å². The summed E-state index contributed by atoms with van der Waals surface area (Å²) in [5.74, 6) is -0.127. The fourth-order valence-corrected chi connectivity index (χ4v) is 2.96. The molecule has 2 amide bonds. The first-order chi connectivity index (χ1) is 11.8. The maximum Gasteiger partial charge on any atom is 0.249 e. The number of carbonyl (C=O) groups is 2. The number of hydrogen-bond donors (Lipinski definition) is 1. The third-order valence-electron chi connectivity index (χ3n) is 4.13. The highest BCUT2D eigenvalue weighted by Gasteiger charge is 2.37. The van der Waals surface area contributed by atoms with Crippen molar-refractivity contribution in [2.45, 2.75) is 45.1 Å². The molecule has 6 nitrogen and oxygen atoms in total. The Kier molecular flexibility index (Phi) is 4.56.